The molecule has 1 aromatic carbocycles. The summed E-state index contributed by atoms with van der Waals surface area (Å²) in [7, 11) is 0. The van der Waals surface area contributed by atoms with Crippen molar-refractivity contribution in [3.05, 3.63) is 41.2 Å². The quantitative estimate of drug-likeness (QED) is 0.729. The number of aromatic nitrogens is 4. The smallest absolute Gasteiger partial charge is 0.258 e. The van der Waals surface area contributed by atoms with E-state index in [0.29, 0.717) is 33.8 Å². The fourth-order valence-electron chi connectivity index (χ4n) is 1.68. The number of hydrogen-bond donors (Lipinski definition) is 1. The van der Waals surface area contributed by atoms with Gasteiger partial charge in [-0.1, -0.05) is 16.8 Å². The number of rotatable bonds is 2. The Morgan fingerprint density at radius 1 is 1.10 bits per heavy atom. The molecular formula is C13H10ClN5O. The third-order valence-corrected chi connectivity index (χ3v) is 2.79. The molecular weight excluding hydrogens is 278 g/mol. The maximum absolute atomic E-state index is 5.95. The Balaban J connectivity index is 1.99. The molecule has 0 aliphatic heterocycles. The van der Waals surface area contributed by atoms with Crippen LogP contribution < -0.4 is 5.73 Å². The summed E-state index contributed by atoms with van der Waals surface area (Å²) in [6.07, 6.45) is 3.38. The Morgan fingerprint density at radius 2 is 1.85 bits per heavy atom. The summed E-state index contributed by atoms with van der Waals surface area (Å²) in [5.41, 5.74) is 7.87. The van der Waals surface area contributed by atoms with E-state index in [4.69, 9.17) is 21.9 Å². The van der Waals surface area contributed by atoms with Crippen LogP contribution >= 0.6 is 11.6 Å². The Hall–Kier alpha value is -2.47. The first-order valence-electron chi connectivity index (χ1n) is 5.81. The van der Waals surface area contributed by atoms with Gasteiger partial charge in [0.1, 0.15) is 0 Å². The van der Waals surface area contributed by atoms with Crippen molar-refractivity contribution in [2.45, 2.75) is 6.92 Å². The first-order valence-corrected chi connectivity index (χ1v) is 6.19. The van der Waals surface area contributed by atoms with Gasteiger partial charge in [0, 0.05) is 28.7 Å². The summed E-state index contributed by atoms with van der Waals surface area (Å²) in [4.78, 5) is 12.5. The molecule has 20 heavy (non-hydrogen) atoms. The van der Waals surface area contributed by atoms with E-state index >= 15 is 0 Å². The number of nitrogens with two attached hydrogens (primary N) is 1. The molecule has 0 saturated heterocycles. The zero-order valence-corrected chi connectivity index (χ0v) is 11.3. The average molecular weight is 288 g/mol. The minimum absolute atomic E-state index is 0.318. The molecule has 6 nitrogen and oxygen atoms in total. The molecule has 0 bridgehead atoms. The summed E-state index contributed by atoms with van der Waals surface area (Å²) >= 11 is 5.95. The fraction of sp³-hybridized carbons (Fsp3) is 0.0769. The van der Waals surface area contributed by atoms with Crippen molar-refractivity contribution in [1.29, 1.82) is 0 Å². The van der Waals surface area contributed by atoms with Crippen molar-refractivity contribution in [1.82, 2.24) is 20.1 Å². The Labute approximate surface area is 119 Å². The topological polar surface area (TPSA) is 90.7 Å². The molecule has 100 valence electrons. The molecule has 3 rings (SSSR count). The van der Waals surface area contributed by atoms with E-state index < -0.39 is 0 Å². The fourth-order valence-corrected chi connectivity index (χ4v) is 1.92. The van der Waals surface area contributed by atoms with Crippen LogP contribution in [0, 0.1) is 6.92 Å². The molecule has 2 heterocycles. The number of nitrogen functional groups attached to an aromatic ring is 1. The van der Waals surface area contributed by atoms with Gasteiger partial charge in [-0.2, -0.15) is 4.98 Å². The molecule has 7 heteroatoms. The second-order valence-electron chi connectivity index (χ2n) is 4.28. The van der Waals surface area contributed by atoms with Gasteiger partial charge in [-0.3, -0.25) is 0 Å². The van der Waals surface area contributed by atoms with Crippen LogP contribution in [0.3, 0.4) is 0 Å². The Bertz CT molecular complexity index is 733. The summed E-state index contributed by atoms with van der Waals surface area (Å²) < 4.78 is 5.19. The monoisotopic (exact) mass is 287 g/mol. The van der Waals surface area contributed by atoms with Crippen molar-refractivity contribution in [3.8, 4) is 23.1 Å². The zero-order valence-electron chi connectivity index (χ0n) is 10.5. The van der Waals surface area contributed by atoms with Crippen molar-refractivity contribution in [2.75, 3.05) is 5.73 Å². The van der Waals surface area contributed by atoms with Gasteiger partial charge in [0.15, 0.2) is 0 Å². The molecule has 0 spiro atoms. The lowest BCUT2D eigenvalue weighted by atomic mass is 10.2. The van der Waals surface area contributed by atoms with Crippen LogP contribution in [0.15, 0.2) is 35.1 Å². The second kappa shape index (κ2) is 4.90. The van der Waals surface area contributed by atoms with E-state index in [9.17, 15) is 0 Å². The van der Waals surface area contributed by atoms with Crippen LogP contribution in [0.1, 0.15) is 5.56 Å². The van der Waals surface area contributed by atoms with E-state index in [2.05, 4.69) is 20.1 Å². The molecule has 0 atom stereocenters. The number of aryl methyl sites for hydroxylation is 1. The molecule has 0 saturated carbocycles. The molecule has 3 aromatic rings. The lowest BCUT2D eigenvalue weighted by Gasteiger charge is -1.98. The van der Waals surface area contributed by atoms with Crippen LogP contribution in [-0.4, -0.2) is 20.1 Å². The predicted molar refractivity (Wildman–Crippen MR) is 74.9 cm³/mol. The standard InChI is InChI=1S/C13H10ClN5O/c1-7-5-16-11(17-6-7)12-18-13(20-19-12)8-2-9(14)4-10(15)3-8/h2-6H,15H2,1H3. The Morgan fingerprint density at radius 3 is 2.55 bits per heavy atom. The van der Waals surface area contributed by atoms with E-state index in [-0.39, 0.29) is 0 Å². The maximum atomic E-state index is 5.95. The van der Waals surface area contributed by atoms with Crippen molar-refractivity contribution in [3.63, 3.8) is 0 Å². The minimum Gasteiger partial charge on any atom is -0.399 e. The van der Waals surface area contributed by atoms with Crippen LogP contribution in [0.4, 0.5) is 5.69 Å². The van der Waals surface area contributed by atoms with E-state index in [1.54, 1.807) is 30.6 Å². The van der Waals surface area contributed by atoms with Crippen LogP contribution in [0.25, 0.3) is 23.1 Å². The summed E-state index contributed by atoms with van der Waals surface area (Å²) in [5.74, 6) is 1.04. The van der Waals surface area contributed by atoms with Gasteiger partial charge in [-0.05, 0) is 30.7 Å². The van der Waals surface area contributed by atoms with E-state index in [0.717, 1.165) is 5.56 Å². The summed E-state index contributed by atoms with van der Waals surface area (Å²) in [6, 6.07) is 5.05. The van der Waals surface area contributed by atoms with Gasteiger partial charge < -0.3 is 10.3 Å². The highest BCUT2D eigenvalue weighted by atomic mass is 35.5. The normalized spacial score (nSPS) is 10.7. The number of anilines is 1. The second-order valence-corrected chi connectivity index (χ2v) is 4.72. The van der Waals surface area contributed by atoms with Crippen LogP contribution in [-0.2, 0) is 0 Å². The highest BCUT2D eigenvalue weighted by Crippen LogP contribution is 2.25. The van der Waals surface area contributed by atoms with Crippen LogP contribution in [0.5, 0.6) is 0 Å². The number of benzene rings is 1. The molecule has 0 aliphatic carbocycles. The lowest BCUT2D eigenvalue weighted by molar-refractivity contribution is 0.432. The molecule has 0 radical (unpaired) electrons. The SMILES string of the molecule is Cc1cnc(-c2noc(-c3cc(N)cc(Cl)c3)n2)nc1. The highest BCUT2D eigenvalue weighted by molar-refractivity contribution is 6.31. The van der Waals surface area contributed by atoms with Gasteiger partial charge in [-0.25, -0.2) is 9.97 Å². The number of hydrogen-bond acceptors (Lipinski definition) is 6. The Kier molecular flexibility index (Phi) is 3.08. The van der Waals surface area contributed by atoms with Gasteiger partial charge >= 0.3 is 0 Å². The van der Waals surface area contributed by atoms with Gasteiger partial charge in [0.05, 0.1) is 0 Å². The number of nitrogens with zero attached hydrogens (tertiary/aromatic N) is 4. The van der Waals surface area contributed by atoms with Crippen molar-refractivity contribution < 1.29 is 4.52 Å². The van der Waals surface area contributed by atoms with Gasteiger partial charge in [0.25, 0.3) is 5.89 Å². The number of halogens is 1. The predicted octanol–water partition coefficient (Wildman–Crippen LogP) is 2.74. The lowest BCUT2D eigenvalue weighted by Crippen LogP contribution is -1.91. The molecule has 0 unspecified atom stereocenters. The first-order chi connectivity index (χ1) is 9.61. The molecule has 0 aliphatic rings. The highest BCUT2D eigenvalue weighted by Gasteiger charge is 2.13. The largest absolute Gasteiger partial charge is 0.399 e. The van der Waals surface area contributed by atoms with Crippen LogP contribution in [0.2, 0.25) is 5.02 Å². The van der Waals surface area contributed by atoms with Gasteiger partial charge in [0.2, 0.25) is 11.6 Å². The minimum atomic E-state index is 0.318. The third kappa shape index (κ3) is 2.46. The summed E-state index contributed by atoms with van der Waals surface area (Å²) in [5, 5.41) is 4.36. The van der Waals surface area contributed by atoms with Crippen molar-refractivity contribution >= 4 is 17.3 Å². The maximum Gasteiger partial charge on any atom is 0.258 e. The summed E-state index contributed by atoms with van der Waals surface area (Å²) in [6.45, 7) is 1.90. The van der Waals surface area contributed by atoms with Gasteiger partial charge in [-0.15, -0.1) is 0 Å². The third-order valence-electron chi connectivity index (χ3n) is 2.57. The molecule has 2 aromatic heterocycles. The van der Waals surface area contributed by atoms with Crippen molar-refractivity contribution in [2.24, 2.45) is 0 Å². The average Bonchev–Trinajstić information content (AvgIpc) is 2.88. The molecule has 0 fully saturated rings. The zero-order chi connectivity index (χ0) is 14.1. The van der Waals surface area contributed by atoms with E-state index in [1.165, 1.54) is 0 Å². The first kappa shape index (κ1) is 12.6. The van der Waals surface area contributed by atoms with E-state index in [1.807, 2.05) is 6.92 Å². The molecule has 2 N–H and O–H groups in total. The molecule has 0 amide bonds.